The number of nitrogens with one attached hydrogen (secondary N) is 2. The molecule has 1 saturated carbocycles. The number of piperidine rings is 1. The number of nitrogens with zero attached hydrogens (tertiary/aromatic N) is 2. The van der Waals surface area contributed by atoms with Gasteiger partial charge in [-0.3, -0.25) is 14.3 Å². The second kappa shape index (κ2) is 8.76. The van der Waals surface area contributed by atoms with Gasteiger partial charge in [0.05, 0.1) is 21.7 Å². The Morgan fingerprint density at radius 2 is 1.76 bits per heavy atom. The molecule has 0 atom stereocenters. The lowest BCUT2D eigenvalue weighted by atomic mass is 9.93. The highest BCUT2D eigenvalue weighted by Gasteiger charge is 2.44. The molecule has 9 heteroatoms. The average Bonchev–Trinajstić information content (AvgIpc) is 3.53. The van der Waals surface area contributed by atoms with Crippen molar-refractivity contribution in [3.63, 3.8) is 0 Å². The Hall–Kier alpha value is -2.81. The molecule has 2 aliphatic rings. The van der Waals surface area contributed by atoms with E-state index < -0.39 is 20.7 Å². The zero-order chi connectivity index (χ0) is 24.7. The first-order valence-corrected chi connectivity index (χ1v) is 13.4. The molecule has 2 fully saturated rings. The number of benzene rings is 1. The second-order valence-corrected chi connectivity index (χ2v) is 12.8. The summed E-state index contributed by atoms with van der Waals surface area (Å²) < 4.78 is 28.7. The predicted octanol–water partition coefficient (Wildman–Crippen LogP) is 4.04. The standard InChI is InChI=1S/C25H34N4O4S/c1-5-28-14-6-7-20(23(28)31)26-22(30)19-9-8-18(27-34(32,33)24(2,3)4)17-21(19)29-15-12-25(10-11-25)13-16-29/h6-9,14,17,27H,5,10-13,15-16H2,1-4H3,(H,26,30). The van der Waals surface area contributed by atoms with Crippen LogP contribution in [0, 0.1) is 5.41 Å². The molecule has 2 aromatic rings. The van der Waals surface area contributed by atoms with E-state index in [0.29, 0.717) is 28.9 Å². The summed E-state index contributed by atoms with van der Waals surface area (Å²) in [6, 6.07) is 8.29. The maximum absolute atomic E-state index is 13.3. The van der Waals surface area contributed by atoms with Gasteiger partial charge in [0.15, 0.2) is 0 Å². The highest BCUT2D eigenvalue weighted by Crippen LogP contribution is 2.54. The van der Waals surface area contributed by atoms with Crippen LogP contribution in [0.1, 0.15) is 63.7 Å². The predicted molar refractivity (Wildman–Crippen MR) is 136 cm³/mol. The van der Waals surface area contributed by atoms with Gasteiger partial charge in [0.2, 0.25) is 10.0 Å². The molecule has 1 aliphatic carbocycles. The van der Waals surface area contributed by atoms with Crippen molar-refractivity contribution in [3.05, 3.63) is 52.4 Å². The van der Waals surface area contributed by atoms with E-state index in [1.807, 2.05) is 6.92 Å². The molecule has 2 N–H and O–H groups in total. The SMILES string of the molecule is CCn1cccc(NC(=O)c2ccc(NS(=O)(=O)C(C)(C)C)cc2N2CCC3(CC2)CC3)c1=O. The molecule has 4 rings (SSSR count). The first-order chi connectivity index (χ1) is 15.9. The van der Waals surface area contributed by atoms with E-state index in [4.69, 9.17) is 0 Å². The zero-order valence-corrected chi connectivity index (χ0v) is 21.2. The summed E-state index contributed by atoms with van der Waals surface area (Å²) in [5, 5.41) is 2.76. The number of pyridine rings is 1. The largest absolute Gasteiger partial charge is 0.371 e. The summed E-state index contributed by atoms with van der Waals surface area (Å²) in [5.41, 5.74) is 1.92. The number of sulfonamides is 1. The number of rotatable bonds is 6. The smallest absolute Gasteiger partial charge is 0.274 e. The number of amides is 1. The third-order valence-electron chi connectivity index (χ3n) is 7.03. The topological polar surface area (TPSA) is 101 Å². The number of aromatic nitrogens is 1. The molecule has 8 nitrogen and oxygen atoms in total. The number of carbonyl (C=O) groups excluding carboxylic acids is 1. The van der Waals surface area contributed by atoms with Crippen molar-refractivity contribution in [1.82, 2.24) is 4.57 Å². The van der Waals surface area contributed by atoms with Gasteiger partial charge in [0.25, 0.3) is 11.5 Å². The Morgan fingerprint density at radius 1 is 1.09 bits per heavy atom. The van der Waals surface area contributed by atoms with Gasteiger partial charge < -0.3 is 14.8 Å². The van der Waals surface area contributed by atoms with Gasteiger partial charge in [0.1, 0.15) is 5.69 Å². The molecule has 184 valence electrons. The molecular formula is C25H34N4O4S. The van der Waals surface area contributed by atoms with Crippen LogP contribution in [0.3, 0.4) is 0 Å². The third kappa shape index (κ3) is 4.85. The van der Waals surface area contributed by atoms with Crippen LogP contribution in [0.15, 0.2) is 41.3 Å². The quantitative estimate of drug-likeness (QED) is 0.642. The van der Waals surface area contributed by atoms with Crippen molar-refractivity contribution in [2.45, 2.75) is 64.7 Å². The Balaban J connectivity index is 1.67. The number of carbonyl (C=O) groups is 1. The van der Waals surface area contributed by atoms with E-state index >= 15 is 0 Å². The van der Waals surface area contributed by atoms with Gasteiger partial charge in [-0.25, -0.2) is 8.42 Å². The van der Waals surface area contributed by atoms with E-state index in [-0.39, 0.29) is 11.2 Å². The van der Waals surface area contributed by atoms with Crippen molar-refractivity contribution >= 4 is 33.0 Å². The second-order valence-electron chi connectivity index (χ2n) is 10.4. The van der Waals surface area contributed by atoms with Crippen molar-refractivity contribution in [2.75, 3.05) is 28.0 Å². The Kier molecular flexibility index (Phi) is 6.27. The fraction of sp³-hybridized carbons (Fsp3) is 0.520. The average molecular weight is 487 g/mol. The summed E-state index contributed by atoms with van der Waals surface area (Å²) in [6.45, 7) is 8.91. The molecule has 1 spiro atoms. The van der Waals surface area contributed by atoms with Gasteiger partial charge in [-0.05, 0) is 89.1 Å². The van der Waals surface area contributed by atoms with Crippen molar-refractivity contribution in [3.8, 4) is 0 Å². The number of anilines is 3. The van der Waals surface area contributed by atoms with Gasteiger partial charge in [-0.1, -0.05) is 0 Å². The highest BCUT2D eigenvalue weighted by molar-refractivity contribution is 7.94. The maximum Gasteiger partial charge on any atom is 0.274 e. The minimum absolute atomic E-state index is 0.216. The molecule has 0 bridgehead atoms. The van der Waals surface area contributed by atoms with Crippen LogP contribution in [0.25, 0.3) is 0 Å². The summed E-state index contributed by atoms with van der Waals surface area (Å²) in [5.74, 6) is -0.391. The van der Waals surface area contributed by atoms with Crippen molar-refractivity contribution in [1.29, 1.82) is 0 Å². The van der Waals surface area contributed by atoms with E-state index in [1.165, 1.54) is 17.4 Å². The fourth-order valence-corrected chi connectivity index (χ4v) is 5.07. The van der Waals surface area contributed by atoms with Crippen molar-refractivity contribution in [2.24, 2.45) is 5.41 Å². The van der Waals surface area contributed by atoms with Gasteiger partial charge >= 0.3 is 0 Å². The minimum Gasteiger partial charge on any atom is -0.371 e. The van der Waals surface area contributed by atoms with Gasteiger partial charge in [-0.15, -0.1) is 0 Å². The van der Waals surface area contributed by atoms with Crippen LogP contribution < -0.4 is 20.5 Å². The Labute approximate surface area is 201 Å². The van der Waals surface area contributed by atoms with E-state index in [0.717, 1.165) is 25.9 Å². The summed E-state index contributed by atoms with van der Waals surface area (Å²) in [6.07, 6.45) is 6.33. The van der Waals surface area contributed by atoms with Crippen LogP contribution in [0.5, 0.6) is 0 Å². The lowest BCUT2D eigenvalue weighted by Crippen LogP contribution is -2.36. The van der Waals surface area contributed by atoms with Gasteiger partial charge in [0, 0.05) is 25.8 Å². The molecule has 1 amide bonds. The lowest BCUT2D eigenvalue weighted by Gasteiger charge is -2.35. The molecule has 0 radical (unpaired) electrons. The highest BCUT2D eigenvalue weighted by atomic mass is 32.2. The van der Waals surface area contributed by atoms with Crippen LogP contribution >= 0.6 is 0 Å². The molecule has 2 heterocycles. The minimum atomic E-state index is -3.61. The zero-order valence-electron chi connectivity index (χ0n) is 20.3. The molecule has 1 aromatic heterocycles. The lowest BCUT2D eigenvalue weighted by molar-refractivity contribution is 0.102. The monoisotopic (exact) mass is 486 g/mol. The fourth-order valence-electron chi connectivity index (χ4n) is 4.33. The van der Waals surface area contributed by atoms with E-state index in [2.05, 4.69) is 14.9 Å². The first kappa shape index (κ1) is 24.3. The molecule has 1 aromatic carbocycles. The number of hydrogen-bond donors (Lipinski definition) is 2. The normalized spacial score (nSPS) is 17.5. The molecule has 1 aliphatic heterocycles. The van der Waals surface area contributed by atoms with Gasteiger partial charge in [-0.2, -0.15) is 0 Å². The Bertz CT molecular complexity index is 1250. The van der Waals surface area contributed by atoms with Crippen LogP contribution in [0.2, 0.25) is 0 Å². The van der Waals surface area contributed by atoms with Crippen LogP contribution in [-0.2, 0) is 16.6 Å². The summed E-state index contributed by atoms with van der Waals surface area (Å²) >= 11 is 0. The first-order valence-electron chi connectivity index (χ1n) is 11.9. The van der Waals surface area contributed by atoms with Crippen molar-refractivity contribution < 1.29 is 13.2 Å². The summed E-state index contributed by atoms with van der Waals surface area (Å²) in [7, 11) is -3.61. The third-order valence-corrected chi connectivity index (χ3v) is 9.15. The molecule has 1 saturated heterocycles. The molecular weight excluding hydrogens is 452 g/mol. The number of aryl methyl sites for hydroxylation is 1. The van der Waals surface area contributed by atoms with E-state index in [9.17, 15) is 18.0 Å². The number of hydrogen-bond acceptors (Lipinski definition) is 5. The van der Waals surface area contributed by atoms with Crippen LogP contribution in [0.4, 0.5) is 17.1 Å². The van der Waals surface area contributed by atoms with E-state index in [1.54, 1.807) is 57.3 Å². The summed E-state index contributed by atoms with van der Waals surface area (Å²) in [4.78, 5) is 28.1. The Morgan fingerprint density at radius 3 is 2.35 bits per heavy atom. The molecule has 0 unspecified atom stereocenters. The maximum atomic E-state index is 13.3. The molecule has 34 heavy (non-hydrogen) atoms. The van der Waals surface area contributed by atoms with Crippen LogP contribution in [-0.4, -0.2) is 36.7 Å².